The van der Waals surface area contributed by atoms with Crippen molar-refractivity contribution in [2.24, 2.45) is 0 Å². The van der Waals surface area contributed by atoms with Crippen LogP contribution in [0.4, 0.5) is 0 Å². The zero-order valence-electron chi connectivity index (χ0n) is 14.7. The summed E-state index contributed by atoms with van der Waals surface area (Å²) in [4.78, 5) is 15.2. The van der Waals surface area contributed by atoms with Gasteiger partial charge in [-0.25, -0.2) is 0 Å². The molecule has 1 aromatic heterocycles. The summed E-state index contributed by atoms with van der Waals surface area (Å²) in [7, 11) is 0. The summed E-state index contributed by atoms with van der Waals surface area (Å²) < 4.78 is 12.0. The lowest BCUT2D eigenvalue weighted by Crippen LogP contribution is -2.52. The van der Waals surface area contributed by atoms with Crippen molar-refractivity contribution in [3.05, 3.63) is 52.2 Å². The molecule has 1 amide bonds. The Morgan fingerprint density at radius 1 is 1.23 bits per heavy atom. The van der Waals surface area contributed by atoms with Crippen LogP contribution in [-0.2, 0) is 4.74 Å². The highest BCUT2D eigenvalue weighted by atomic mass is 32.1. The molecule has 1 aromatic carbocycles. The van der Waals surface area contributed by atoms with E-state index in [0.717, 1.165) is 48.7 Å². The summed E-state index contributed by atoms with van der Waals surface area (Å²) in [6, 6.07) is 12.2. The lowest BCUT2D eigenvalue weighted by molar-refractivity contribution is -0.0960. The number of para-hydroxylation sites is 1. The first-order valence-corrected chi connectivity index (χ1v) is 10.1. The van der Waals surface area contributed by atoms with Crippen LogP contribution >= 0.6 is 11.3 Å². The molecule has 0 unspecified atom stereocenters. The molecule has 5 nitrogen and oxygen atoms in total. The second kappa shape index (κ2) is 8.20. The van der Waals surface area contributed by atoms with Crippen molar-refractivity contribution in [1.29, 1.82) is 0 Å². The molecule has 0 spiro atoms. The summed E-state index contributed by atoms with van der Waals surface area (Å²) in [5.41, 5.74) is 1.16. The number of carbonyl (C=O) groups excluding carboxylic acids is 1. The fraction of sp³-hybridized carbons (Fsp3) is 0.450. The van der Waals surface area contributed by atoms with Crippen LogP contribution < -0.4 is 10.1 Å². The molecule has 2 aromatic rings. The SMILES string of the molecule is O=C(NCCCCN1CCO[C@@H]2c3ccccc3OC[C@@H]21)c1cccs1. The monoisotopic (exact) mass is 372 g/mol. The lowest BCUT2D eigenvalue weighted by Gasteiger charge is -2.44. The smallest absolute Gasteiger partial charge is 0.261 e. The standard InChI is InChI=1S/C20H24N2O3S/c23-20(18-8-5-13-26-18)21-9-3-4-10-22-11-12-24-19-15-6-1-2-7-17(15)25-14-16(19)22/h1-2,5-8,13,16,19H,3-4,9-12,14H2,(H,21,23)/t16-,19+/m0/s1. The number of hydrogen-bond acceptors (Lipinski definition) is 5. The fourth-order valence-corrected chi connectivity index (χ4v) is 4.33. The molecule has 138 valence electrons. The van der Waals surface area contributed by atoms with Crippen molar-refractivity contribution in [2.45, 2.75) is 25.0 Å². The average molecular weight is 372 g/mol. The van der Waals surface area contributed by atoms with E-state index >= 15 is 0 Å². The van der Waals surface area contributed by atoms with Gasteiger partial charge in [-0.15, -0.1) is 11.3 Å². The zero-order valence-corrected chi connectivity index (χ0v) is 15.5. The van der Waals surface area contributed by atoms with E-state index in [2.05, 4.69) is 16.3 Å². The molecule has 3 heterocycles. The van der Waals surface area contributed by atoms with Gasteiger partial charge in [-0.3, -0.25) is 9.69 Å². The number of unbranched alkanes of at least 4 members (excludes halogenated alkanes) is 1. The van der Waals surface area contributed by atoms with E-state index in [0.29, 0.717) is 13.2 Å². The molecule has 26 heavy (non-hydrogen) atoms. The number of morpholine rings is 1. The molecule has 6 heteroatoms. The number of amides is 1. The number of carbonyl (C=O) groups is 1. The van der Waals surface area contributed by atoms with Crippen molar-refractivity contribution in [3.8, 4) is 5.75 Å². The maximum atomic E-state index is 11.9. The molecule has 2 atom stereocenters. The number of benzene rings is 1. The van der Waals surface area contributed by atoms with Crippen LogP contribution in [0.5, 0.6) is 5.75 Å². The maximum Gasteiger partial charge on any atom is 0.261 e. The van der Waals surface area contributed by atoms with E-state index in [4.69, 9.17) is 9.47 Å². The van der Waals surface area contributed by atoms with Crippen LogP contribution in [0, 0.1) is 0 Å². The van der Waals surface area contributed by atoms with Gasteiger partial charge in [0.05, 0.1) is 17.5 Å². The number of thiophene rings is 1. The molecular weight excluding hydrogens is 348 g/mol. The lowest BCUT2D eigenvalue weighted by atomic mass is 9.96. The Kier molecular flexibility index (Phi) is 5.53. The largest absolute Gasteiger partial charge is 0.491 e. The highest BCUT2D eigenvalue weighted by molar-refractivity contribution is 7.12. The first-order valence-electron chi connectivity index (χ1n) is 9.22. The molecule has 1 fully saturated rings. The Labute approximate surface area is 157 Å². The van der Waals surface area contributed by atoms with E-state index in [9.17, 15) is 4.79 Å². The molecule has 0 saturated carbocycles. The maximum absolute atomic E-state index is 11.9. The second-order valence-corrected chi connectivity index (χ2v) is 7.63. The normalized spacial score (nSPS) is 22.2. The van der Waals surface area contributed by atoms with E-state index in [1.54, 1.807) is 0 Å². The summed E-state index contributed by atoms with van der Waals surface area (Å²) in [5.74, 6) is 0.982. The van der Waals surface area contributed by atoms with Crippen molar-refractivity contribution in [1.82, 2.24) is 10.2 Å². The topological polar surface area (TPSA) is 50.8 Å². The van der Waals surface area contributed by atoms with Gasteiger partial charge in [-0.05, 0) is 36.9 Å². The van der Waals surface area contributed by atoms with Crippen LogP contribution in [0.2, 0.25) is 0 Å². The summed E-state index contributed by atoms with van der Waals surface area (Å²) in [5, 5.41) is 4.92. The van der Waals surface area contributed by atoms with Crippen LogP contribution in [0.25, 0.3) is 0 Å². The van der Waals surface area contributed by atoms with Crippen LogP contribution in [0.15, 0.2) is 41.8 Å². The summed E-state index contributed by atoms with van der Waals surface area (Å²) in [6.07, 6.45) is 2.13. The molecule has 0 bridgehead atoms. The molecule has 4 rings (SSSR count). The third-order valence-corrected chi connectivity index (χ3v) is 5.90. The average Bonchev–Trinajstić information content (AvgIpc) is 3.22. The summed E-state index contributed by atoms with van der Waals surface area (Å²) in [6.45, 7) is 4.09. The first-order chi connectivity index (χ1) is 12.8. The predicted octanol–water partition coefficient (Wildman–Crippen LogP) is 3.09. The second-order valence-electron chi connectivity index (χ2n) is 6.68. The first kappa shape index (κ1) is 17.5. The van der Waals surface area contributed by atoms with Gasteiger partial charge in [0.2, 0.25) is 0 Å². The molecule has 2 aliphatic heterocycles. The molecule has 0 radical (unpaired) electrons. The van der Waals surface area contributed by atoms with Crippen LogP contribution in [0.1, 0.15) is 34.2 Å². The van der Waals surface area contributed by atoms with E-state index in [1.807, 2.05) is 35.7 Å². The number of fused-ring (bicyclic) bond motifs is 3. The Bertz CT molecular complexity index is 734. The number of ether oxygens (including phenoxy) is 2. The van der Waals surface area contributed by atoms with Crippen LogP contribution in [0.3, 0.4) is 0 Å². The van der Waals surface area contributed by atoms with Gasteiger partial charge >= 0.3 is 0 Å². The Hall–Kier alpha value is -1.89. The van der Waals surface area contributed by atoms with Crippen molar-refractivity contribution in [3.63, 3.8) is 0 Å². The number of nitrogens with zero attached hydrogens (tertiary/aromatic N) is 1. The minimum atomic E-state index is 0.0312. The van der Waals surface area contributed by atoms with E-state index in [1.165, 1.54) is 11.3 Å². The highest BCUT2D eigenvalue weighted by Crippen LogP contribution is 2.38. The minimum absolute atomic E-state index is 0.0312. The molecular formula is C20H24N2O3S. The molecule has 2 aliphatic rings. The van der Waals surface area contributed by atoms with Gasteiger partial charge in [-0.1, -0.05) is 24.3 Å². The third-order valence-electron chi connectivity index (χ3n) is 5.03. The quantitative estimate of drug-likeness (QED) is 0.792. The Morgan fingerprint density at radius 3 is 3.04 bits per heavy atom. The predicted molar refractivity (Wildman–Crippen MR) is 102 cm³/mol. The minimum Gasteiger partial charge on any atom is -0.491 e. The Morgan fingerprint density at radius 2 is 2.15 bits per heavy atom. The molecule has 1 saturated heterocycles. The van der Waals surface area contributed by atoms with Gasteiger partial charge in [0.15, 0.2) is 0 Å². The number of hydrogen-bond donors (Lipinski definition) is 1. The van der Waals surface area contributed by atoms with E-state index < -0.39 is 0 Å². The number of rotatable bonds is 6. The highest BCUT2D eigenvalue weighted by Gasteiger charge is 2.38. The number of nitrogens with one attached hydrogen (secondary N) is 1. The molecule has 0 aliphatic carbocycles. The van der Waals surface area contributed by atoms with Gasteiger partial charge in [0, 0.05) is 18.7 Å². The third kappa shape index (κ3) is 3.77. The van der Waals surface area contributed by atoms with Crippen LogP contribution in [-0.4, -0.2) is 49.7 Å². The van der Waals surface area contributed by atoms with Crippen molar-refractivity contribution < 1.29 is 14.3 Å². The Balaban J connectivity index is 1.25. The molecule has 1 N–H and O–H groups in total. The zero-order chi connectivity index (χ0) is 17.8. The van der Waals surface area contributed by atoms with Gasteiger partial charge in [0.1, 0.15) is 18.5 Å². The van der Waals surface area contributed by atoms with Crippen molar-refractivity contribution in [2.75, 3.05) is 32.8 Å². The van der Waals surface area contributed by atoms with E-state index in [-0.39, 0.29) is 18.1 Å². The van der Waals surface area contributed by atoms with Gasteiger partial charge in [-0.2, -0.15) is 0 Å². The fourth-order valence-electron chi connectivity index (χ4n) is 3.69. The van der Waals surface area contributed by atoms with Gasteiger partial charge < -0.3 is 14.8 Å². The van der Waals surface area contributed by atoms with Gasteiger partial charge in [0.25, 0.3) is 5.91 Å². The van der Waals surface area contributed by atoms with Crippen molar-refractivity contribution >= 4 is 17.2 Å². The summed E-state index contributed by atoms with van der Waals surface area (Å²) >= 11 is 1.48.